The van der Waals surface area contributed by atoms with Crippen molar-refractivity contribution in [3.63, 3.8) is 0 Å². The van der Waals surface area contributed by atoms with Crippen molar-refractivity contribution >= 4 is 7.32 Å². The molecular weight excluding hydrogens is 167 g/mol. The fraction of sp³-hybridized carbons (Fsp3) is 1.00. The van der Waals surface area contributed by atoms with Crippen molar-refractivity contribution in [3.05, 3.63) is 0 Å². The number of aliphatic hydroxyl groups is 3. The Labute approximate surface area is 69.5 Å². The second-order valence-corrected chi connectivity index (χ2v) is 2.56. The van der Waals surface area contributed by atoms with Crippen LogP contribution in [-0.2, 0) is 9.31 Å². The van der Waals surface area contributed by atoms with Crippen LogP contribution in [0.25, 0.3) is 0 Å². The van der Waals surface area contributed by atoms with Crippen LogP contribution in [0.1, 0.15) is 0 Å². The third-order valence-corrected chi connectivity index (χ3v) is 1.66. The summed E-state index contributed by atoms with van der Waals surface area (Å²) in [6, 6.07) is 0. The fourth-order valence-corrected chi connectivity index (χ4v) is 0.940. The van der Waals surface area contributed by atoms with Crippen LogP contribution in [0.3, 0.4) is 0 Å². The maximum atomic E-state index is 9.21. The molecule has 7 heteroatoms. The van der Waals surface area contributed by atoms with Crippen LogP contribution in [0.2, 0.25) is 0 Å². The molecule has 3 atom stereocenters. The van der Waals surface area contributed by atoms with E-state index in [0.29, 0.717) is 0 Å². The normalized spacial score (nSPS) is 29.0. The van der Waals surface area contributed by atoms with Crippen molar-refractivity contribution in [1.29, 1.82) is 0 Å². The summed E-state index contributed by atoms with van der Waals surface area (Å²) < 4.78 is 9.22. The minimum absolute atomic E-state index is 0.000602. The first-order valence-corrected chi connectivity index (χ1v) is 3.57. The predicted molar refractivity (Wildman–Crippen MR) is 37.9 cm³/mol. The highest BCUT2D eigenvalue weighted by molar-refractivity contribution is 6.35. The van der Waals surface area contributed by atoms with E-state index in [0.717, 1.165) is 0 Å². The van der Waals surface area contributed by atoms with E-state index in [-0.39, 0.29) is 6.61 Å². The Morgan fingerprint density at radius 2 is 2.17 bits per heavy atom. The molecule has 1 saturated heterocycles. The third kappa shape index (κ3) is 2.16. The molecule has 1 aliphatic rings. The lowest BCUT2D eigenvalue weighted by Gasteiger charge is -2.20. The Morgan fingerprint density at radius 1 is 1.50 bits per heavy atom. The van der Waals surface area contributed by atoms with Gasteiger partial charge in [0.05, 0.1) is 19.3 Å². The first-order chi connectivity index (χ1) is 5.65. The van der Waals surface area contributed by atoms with Gasteiger partial charge in [-0.25, -0.2) is 0 Å². The molecule has 0 radical (unpaired) electrons. The Bertz CT molecular complexity index is 144. The summed E-state index contributed by atoms with van der Waals surface area (Å²) in [5, 5.41) is 35.3. The Kier molecular flexibility index (Phi) is 3.45. The zero-order valence-corrected chi connectivity index (χ0v) is 6.33. The van der Waals surface area contributed by atoms with Crippen LogP contribution in [0, 0.1) is 0 Å². The first kappa shape index (κ1) is 9.91. The van der Waals surface area contributed by atoms with Crippen molar-refractivity contribution in [2.75, 3.05) is 13.2 Å². The maximum absolute atomic E-state index is 9.21. The third-order valence-electron chi connectivity index (χ3n) is 1.66. The minimum atomic E-state index is -1.35. The molecule has 0 aromatic heterocycles. The molecule has 1 heterocycles. The molecule has 12 heavy (non-hydrogen) atoms. The van der Waals surface area contributed by atoms with Crippen LogP contribution in [-0.4, -0.2) is 59.2 Å². The number of hydrogen-bond donors (Lipinski definition) is 4. The van der Waals surface area contributed by atoms with E-state index in [1.807, 2.05) is 0 Å². The Morgan fingerprint density at radius 3 is 2.58 bits per heavy atom. The number of hydrogen-bond acceptors (Lipinski definition) is 6. The molecule has 0 aliphatic carbocycles. The SMILES string of the molecule is OC[C@H](O)[C@@H](O)[C@H]1COB(O)O1. The standard InChI is InChI=1S/C5H11BO6/c7-1-3(8)5(9)4-2-11-6(10)12-4/h3-5,7-10H,1-2H2/t3-,4+,5+/m0/s1. The Hall–Kier alpha value is -0.175. The van der Waals surface area contributed by atoms with Gasteiger partial charge >= 0.3 is 7.32 Å². The summed E-state index contributed by atoms with van der Waals surface area (Å²) in [6.45, 7) is -0.559. The zero-order chi connectivity index (χ0) is 9.14. The largest absolute Gasteiger partial charge is 0.637 e. The molecule has 6 nitrogen and oxygen atoms in total. The number of aliphatic hydroxyl groups excluding tert-OH is 3. The van der Waals surface area contributed by atoms with Gasteiger partial charge in [0.2, 0.25) is 0 Å². The first-order valence-electron chi connectivity index (χ1n) is 3.57. The van der Waals surface area contributed by atoms with Gasteiger partial charge in [0, 0.05) is 0 Å². The van der Waals surface area contributed by atoms with Crippen molar-refractivity contribution < 1.29 is 29.7 Å². The lowest BCUT2D eigenvalue weighted by Crippen LogP contribution is -2.41. The van der Waals surface area contributed by atoms with Gasteiger partial charge in [0.15, 0.2) is 0 Å². The maximum Gasteiger partial charge on any atom is 0.637 e. The van der Waals surface area contributed by atoms with E-state index >= 15 is 0 Å². The van der Waals surface area contributed by atoms with Crippen LogP contribution in [0.5, 0.6) is 0 Å². The quantitative estimate of drug-likeness (QED) is 0.346. The van der Waals surface area contributed by atoms with Crippen LogP contribution in [0.4, 0.5) is 0 Å². The molecule has 1 fully saturated rings. The van der Waals surface area contributed by atoms with Gasteiger partial charge in [-0.05, 0) is 0 Å². The number of rotatable bonds is 3. The molecule has 0 saturated carbocycles. The van der Waals surface area contributed by atoms with Gasteiger partial charge in [-0.3, -0.25) is 0 Å². The summed E-state index contributed by atoms with van der Waals surface area (Å²) in [6.07, 6.45) is -3.31. The molecule has 0 spiro atoms. The van der Waals surface area contributed by atoms with Crippen molar-refractivity contribution in [1.82, 2.24) is 0 Å². The summed E-state index contributed by atoms with van der Waals surface area (Å²) in [4.78, 5) is 0. The minimum Gasteiger partial charge on any atom is -0.402 e. The predicted octanol–water partition coefficient (Wildman–Crippen LogP) is -2.91. The van der Waals surface area contributed by atoms with Gasteiger partial charge in [0.25, 0.3) is 0 Å². The van der Waals surface area contributed by atoms with Crippen molar-refractivity contribution in [2.45, 2.75) is 18.3 Å². The second kappa shape index (κ2) is 4.17. The van der Waals surface area contributed by atoms with Crippen molar-refractivity contribution in [3.8, 4) is 0 Å². The van der Waals surface area contributed by atoms with Gasteiger partial charge in [-0.15, -0.1) is 0 Å². The van der Waals surface area contributed by atoms with E-state index < -0.39 is 32.2 Å². The second-order valence-electron chi connectivity index (χ2n) is 2.56. The van der Waals surface area contributed by atoms with Gasteiger partial charge in [-0.2, -0.15) is 0 Å². The van der Waals surface area contributed by atoms with Crippen molar-refractivity contribution in [2.24, 2.45) is 0 Å². The summed E-state index contributed by atoms with van der Waals surface area (Å²) in [5.74, 6) is 0. The molecular formula is C5H11BO6. The Balaban J connectivity index is 2.37. The highest BCUT2D eigenvalue weighted by atomic mass is 16.7. The molecule has 1 aliphatic heterocycles. The van der Waals surface area contributed by atoms with Crippen LogP contribution < -0.4 is 0 Å². The fourth-order valence-electron chi connectivity index (χ4n) is 0.940. The summed E-state index contributed by atoms with van der Waals surface area (Å²) in [5.41, 5.74) is 0. The zero-order valence-electron chi connectivity index (χ0n) is 6.33. The molecule has 1 rings (SSSR count). The van der Waals surface area contributed by atoms with Gasteiger partial charge in [0.1, 0.15) is 12.2 Å². The van der Waals surface area contributed by atoms with E-state index in [1.165, 1.54) is 0 Å². The highest BCUT2D eigenvalue weighted by Crippen LogP contribution is 2.12. The smallest absolute Gasteiger partial charge is 0.402 e. The lowest BCUT2D eigenvalue weighted by atomic mass is 10.1. The molecule has 70 valence electrons. The van der Waals surface area contributed by atoms with Gasteiger partial charge < -0.3 is 29.7 Å². The molecule has 0 bridgehead atoms. The molecule has 4 N–H and O–H groups in total. The highest BCUT2D eigenvalue weighted by Gasteiger charge is 2.37. The van der Waals surface area contributed by atoms with Gasteiger partial charge in [-0.1, -0.05) is 0 Å². The van der Waals surface area contributed by atoms with E-state index in [1.54, 1.807) is 0 Å². The summed E-state index contributed by atoms with van der Waals surface area (Å²) in [7, 11) is -1.35. The summed E-state index contributed by atoms with van der Waals surface area (Å²) >= 11 is 0. The molecule has 0 amide bonds. The van der Waals surface area contributed by atoms with Crippen LogP contribution >= 0.6 is 0 Å². The monoisotopic (exact) mass is 178 g/mol. The average Bonchev–Trinajstić information content (AvgIpc) is 2.49. The molecule has 0 unspecified atom stereocenters. The molecule has 0 aromatic rings. The van der Waals surface area contributed by atoms with E-state index in [9.17, 15) is 5.11 Å². The topological polar surface area (TPSA) is 99.4 Å². The lowest BCUT2D eigenvalue weighted by molar-refractivity contribution is -0.0641. The molecule has 0 aromatic carbocycles. The van der Waals surface area contributed by atoms with E-state index in [4.69, 9.17) is 15.2 Å². The average molecular weight is 178 g/mol. The van der Waals surface area contributed by atoms with E-state index in [2.05, 4.69) is 9.31 Å². The van der Waals surface area contributed by atoms with Crippen LogP contribution in [0.15, 0.2) is 0 Å².